The lowest BCUT2D eigenvalue weighted by atomic mass is 9.97. The molecule has 0 atom stereocenters. The summed E-state index contributed by atoms with van der Waals surface area (Å²) in [5.74, 6) is 1.78. The highest BCUT2D eigenvalue weighted by atomic mass is 16.3. The predicted molar refractivity (Wildman–Crippen MR) is 79.5 cm³/mol. The minimum absolute atomic E-state index is 0.657. The zero-order chi connectivity index (χ0) is 13.4. The largest absolute Gasteiger partial charge is 0.459 e. The molecule has 1 aliphatic rings. The van der Waals surface area contributed by atoms with Gasteiger partial charge in [-0.25, -0.2) is 0 Å². The highest BCUT2D eigenvalue weighted by Crippen LogP contribution is 2.33. The van der Waals surface area contributed by atoms with Crippen molar-refractivity contribution in [2.45, 2.75) is 46.1 Å². The van der Waals surface area contributed by atoms with E-state index < -0.39 is 0 Å². The second-order valence-electron chi connectivity index (χ2n) is 6.10. The second kappa shape index (κ2) is 5.01. The van der Waals surface area contributed by atoms with E-state index in [1.165, 1.54) is 41.3 Å². The Bertz CT molecular complexity index is 595. The average Bonchev–Trinajstić information content (AvgIpc) is 2.92. The van der Waals surface area contributed by atoms with Crippen LogP contribution < -0.4 is 5.32 Å². The first-order valence-corrected chi connectivity index (χ1v) is 7.39. The SMILES string of the molecule is CNCc1oc2cc3c(cc2c1CC(C)C)CCC3. The number of benzene rings is 1. The Morgan fingerprint density at radius 2 is 1.95 bits per heavy atom. The van der Waals surface area contributed by atoms with E-state index in [4.69, 9.17) is 4.42 Å². The number of rotatable bonds is 4. The van der Waals surface area contributed by atoms with Crippen molar-refractivity contribution in [3.05, 3.63) is 34.6 Å². The molecule has 2 aromatic rings. The highest BCUT2D eigenvalue weighted by Gasteiger charge is 2.19. The van der Waals surface area contributed by atoms with Gasteiger partial charge in [0.05, 0.1) is 6.54 Å². The number of fused-ring (bicyclic) bond motifs is 2. The zero-order valence-corrected chi connectivity index (χ0v) is 12.2. The van der Waals surface area contributed by atoms with Crippen LogP contribution in [0.2, 0.25) is 0 Å². The molecule has 1 aliphatic carbocycles. The van der Waals surface area contributed by atoms with Gasteiger partial charge in [0, 0.05) is 10.9 Å². The van der Waals surface area contributed by atoms with Crippen molar-refractivity contribution >= 4 is 11.0 Å². The zero-order valence-electron chi connectivity index (χ0n) is 12.2. The van der Waals surface area contributed by atoms with Crippen LogP contribution in [0.4, 0.5) is 0 Å². The van der Waals surface area contributed by atoms with Crippen LogP contribution in [0.25, 0.3) is 11.0 Å². The van der Waals surface area contributed by atoms with Gasteiger partial charge >= 0.3 is 0 Å². The molecule has 0 saturated carbocycles. The lowest BCUT2D eigenvalue weighted by Crippen LogP contribution is -2.07. The lowest BCUT2D eigenvalue weighted by Gasteiger charge is -2.06. The van der Waals surface area contributed by atoms with Crippen LogP contribution >= 0.6 is 0 Å². The van der Waals surface area contributed by atoms with Crippen molar-refractivity contribution in [2.24, 2.45) is 5.92 Å². The Morgan fingerprint density at radius 1 is 1.21 bits per heavy atom. The molecule has 102 valence electrons. The molecule has 2 nitrogen and oxygen atoms in total. The maximum atomic E-state index is 6.10. The molecule has 0 spiro atoms. The smallest absolute Gasteiger partial charge is 0.134 e. The van der Waals surface area contributed by atoms with Gasteiger partial charge in [-0.2, -0.15) is 0 Å². The summed E-state index contributed by atoms with van der Waals surface area (Å²) < 4.78 is 6.10. The Balaban J connectivity index is 2.14. The molecule has 0 bridgehead atoms. The van der Waals surface area contributed by atoms with Crippen molar-refractivity contribution in [1.82, 2.24) is 5.32 Å². The summed E-state index contributed by atoms with van der Waals surface area (Å²) >= 11 is 0. The topological polar surface area (TPSA) is 25.2 Å². The van der Waals surface area contributed by atoms with Crippen LogP contribution in [-0.4, -0.2) is 7.05 Å². The van der Waals surface area contributed by atoms with E-state index in [1.54, 1.807) is 0 Å². The van der Waals surface area contributed by atoms with Crippen molar-refractivity contribution in [1.29, 1.82) is 0 Å². The van der Waals surface area contributed by atoms with E-state index in [-0.39, 0.29) is 0 Å². The number of hydrogen-bond acceptors (Lipinski definition) is 2. The first kappa shape index (κ1) is 12.7. The second-order valence-corrected chi connectivity index (χ2v) is 6.10. The molecule has 0 unspecified atom stereocenters. The number of nitrogens with one attached hydrogen (secondary N) is 1. The van der Waals surface area contributed by atoms with Gasteiger partial charge in [0.25, 0.3) is 0 Å². The maximum Gasteiger partial charge on any atom is 0.134 e. The first-order valence-electron chi connectivity index (χ1n) is 7.39. The summed E-state index contributed by atoms with van der Waals surface area (Å²) in [6.07, 6.45) is 4.85. The summed E-state index contributed by atoms with van der Waals surface area (Å²) in [7, 11) is 1.98. The van der Waals surface area contributed by atoms with Gasteiger partial charge in [-0.05, 0) is 61.9 Å². The molecule has 19 heavy (non-hydrogen) atoms. The molecule has 1 N–H and O–H groups in total. The van der Waals surface area contributed by atoms with Gasteiger partial charge in [0.15, 0.2) is 0 Å². The van der Waals surface area contributed by atoms with Gasteiger partial charge in [-0.1, -0.05) is 13.8 Å². The highest BCUT2D eigenvalue weighted by molar-refractivity contribution is 5.84. The van der Waals surface area contributed by atoms with Crippen molar-refractivity contribution in [3.8, 4) is 0 Å². The van der Waals surface area contributed by atoms with Crippen molar-refractivity contribution < 1.29 is 4.42 Å². The molecule has 0 saturated heterocycles. The van der Waals surface area contributed by atoms with Crippen LogP contribution in [-0.2, 0) is 25.8 Å². The van der Waals surface area contributed by atoms with E-state index in [0.717, 1.165) is 24.3 Å². The molecular weight excluding hydrogens is 234 g/mol. The van der Waals surface area contributed by atoms with Crippen LogP contribution in [0.3, 0.4) is 0 Å². The minimum Gasteiger partial charge on any atom is -0.459 e. The molecule has 3 rings (SSSR count). The standard InChI is InChI=1S/C17H23NO/c1-11(2)7-14-15-8-12-5-4-6-13(12)9-16(15)19-17(14)10-18-3/h8-9,11,18H,4-7,10H2,1-3H3. The van der Waals surface area contributed by atoms with Crippen molar-refractivity contribution in [2.75, 3.05) is 7.05 Å². The third kappa shape index (κ3) is 2.30. The number of furan rings is 1. The minimum atomic E-state index is 0.657. The lowest BCUT2D eigenvalue weighted by molar-refractivity contribution is 0.516. The monoisotopic (exact) mass is 257 g/mol. The van der Waals surface area contributed by atoms with E-state index >= 15 is 0 Å². The molecule has 2 heteroatoms. The molecule has 0 aliphatic heterocycles. The molecule has 0 radical (unpaired) electrons. The maximum absolute atomic E-state index is 6.10. The average molecular weight is 257 g/mol. The quantitative estimate of drug-likeness (QED) is 0.900. The fraction of sp³-hybridized carbons (Fsp3) is 0.529. The molecule has 1 aromatic heterocycles. The summed E-state index contributed by atoms with van der Waals surface area (Å²) in [5, 5.41) is 4.57. The van der Waals surface area contributed by atoms with Crippen LogP contribution in [0.1, 0.15) is 42.7 Å². The normalized spacial score (nSPS) is 14.5. The Labute approximate surface area is 115 Å². The Morgan fingerprint density at radius 3 is 2.63 bits per heavy atom. The molecule has 1 aromatic carbocycles. The number of aryl methyl sites for hydroxylation is 2. The van der Waals surface area contributed by atoms with E-state index in [2.05, 4.69) is 31.3 Å². The number of hydrogen-bond donors (Lipinski definition) is 1. The predicted octanol–water partition coefficient (Wildman–Crippen LogP) is 3.84. The fourth-order valence-corrected chi connectivity index (χ4v) is 3.20. The van der Waals surface area contributed by atoms with Gasteiger partial charge in [-0.3, -0.25) is 0 Å². The summed E-state index contributed by atoms with van der Waals surface area (Å²) in [5.41, 5.74) is 5.53. The van der Waals surface area contributed by atoms with Crippen molar-refractivity contribution in [3.63, 3.8) is 0 Å². The molecule has 0 fully saturated rings. The summed E-state index contributed by atoms with van der Waals surface area (Å²) in [6, 6.07) is 4.67. The third-order valence-electron chi connectivity index (χ3n) is 4.04. The van der Waals surface area contributed by atoms with Crippen LogP contribution in [0.5, 0.6) is 0 Å². The summed E-state index contributed by atoms with van der Waals surface area (Å²) in [4.78, 5) is 0. The van der Waals surface area contributed by atoms with E-state index in [1.807, 2.05) is 7.05 Å². The molecule has 0 amide bonds. The summed E-state index contributed by atoms with van der Waals surface area (Å²) in [6.45, 7) is 5.37. The van der Waals surface area contributed by atoms with Crippen LogP contribution in [0.15, 0.2) is 16.5 Å². The Hall–Kier alpha value is -1.28. The van der Waals surface area contributed by atoms with E-state index in [9.17, 15) is 0 Å². The van der Waals surface area contributed by atoms with Gasteiger partial charge in [-0.15, -0.1) is 0 Å². The van der Waals surface area contributed by atoms with Gasteiger partial charge < -0.3 is 9.73 Å². The molecular formula is C17H23NO. The van der Waals surface area contributed by atoms with Gasteiger partial charge in [0.2, 0.25) is 0 Å². The first-order chi connectivity index (χ1) is 9.19. The van der Waals surface area contributed by atoms with E-state index in [0.29, 0.717) is 5.92 Å². The molecule has 1 heterocycles. The Kier molecular flexibility index (Phi) is 3.36. The fourth-order valence-electron chi connectivity index (χ4n) is 3.20. The van der Waals surface area contributed by atoms with Gasteiger partial charge in [0.1, 0.15) is 11.3 Å². The van der Waals surface area contributed by atoms with Crippen LogP contribution in [0, 0.1) is 5.92 Å². The third-order valence-corrected chi connectivity index (χ3v) is 4.04.